The summed E-state index contributed by atoms with van der Waals surface area (Å²) in [5.41, 5.74) is 8.54. The van der Waals surface area contributed by atoms with Gasteiger partial charge in [-0.05, 0) is 32.4 Å². The van der Waals surface area contributed by atoms with E-state index in [-0.39, 0.29) is 6.04 Å². The maximum absolute atomic E-state index is 5.84. The third-order valence-corrected chi connectivity index (χ3v) is 2.65. The number of hydrogen-bond donors (Lipinski definition) is 1. The average Bonchev–Trinajstić information content (AvgIpc) is 2.77. The highest BCUT2D eigenvalue weighted by atomic mass is 16.4. The van der Waals surface area contributed by atoms with Crippen LogP contribution in [0.15, 0.2) is 16.5 Å². The minimum absolute atomic E-state index is 0.199. The highest BCUT2D eigenvalue weighted by Crippen LogP contribution is 2.23. The van der Waals surface area contributed by atoms with Crippen molar-refractivity contribution >= 4 is 0 Å². The van der Waals surface area contributed by atoms with Crippen molar-refractivity contribution in [3.63, 3.8) is 0 Å². The summed E-state index contributed by atoms with van der Waals surface area (Å²) in [6, 6.07) is 3.66. The average molecular weight is 232 g/mol. The summed E-state index contributed by atoms with van der Waals surface area (Å²) >= 11 is 0. The molecule has 0 aliphatic carbocycles. The molecule has 0 aromatic carbocycles. The van der Waals surface area contributed by atoms with E-state index in [1.807, 2.05) is 32.9 Å². The number of nitrogens with zero attached hydrogens (tertiary/aromatic N) is 3. The molecule has 0 fully saturated rings. The Morgan fingerprint density at radius 3 is 2.71 bits per heavy atom. The van der Waals surface area contributed by atoms with Gasteiger partial charge >= 0.3 is 0 Å². The van der Waals surface area contributed by atoms with Crippen LogP contribution >= 0.6 is 0 Å². The Kier molecular flexibility index (Phi) is 3.19. The predicted molar refractivity (Wildman–Crippen MR) is 64.2 cm³/mol. The van der Waals surface area contributed by atoms with Crippen molar-refractivity contribution in [3.8, 4) is 11.5 Å². The fourth-order valence-electron chi connectivity index (χ4n) is 1.58. The van der Waals surface area contributed by atoms with Crippen LogP contribution in [0.25, 0.3) is 11.5 Å². The van der Waals surface area contributed by atoms with Gasteiger partial charge in [-0.25, -0.2) is 0 Å². The number of aryl methyl sites for hydroxylation is 2. The molecule has 90 valence electrons. The lowest BCUT2D eigenvalue weighted by Gasteiger charge is -2.02. The quantitative estimate of drug-likeness (QED) is 0.877. The SMILES string of the molecule is CCC(N)c1nnc(-c2ccc(C)nc2C)o1. The largest absolute Gasteiger partial charge is 0.419 e. The van der Waals surface area contributed by atoms with Gasteiger partial charge in [0.15, 0.2) is 0 Å². The smallest absolute Gasteiger partial charge is 0.249 e. The van der Waals surface area contributed by atoms with Crippen molar-refractivity contribution in [2.24, 2.45) is 5.73 Å². The van der Waals surface area contributed by atoms with Gasteiger partial charge in [0.25, 0.3) is 0 Å². The summed E-state index contributed by atoms with van der Waals surface area (Å²) in [6.07, 6.45) is 0.771. The normalized spacial score (nSPS) is 12.7. The lowest BCUT2D eigenvalue weighted by molar-refractivity contribution is 0.452. The van der Waals surface area contributed by atoms with Crippen molar-refractivity contribution in [2.75, 3.05) is 0 Å². The summed E-state index contributed by atoms with van der Waals surface area (Å²) in [4.78, 5) is 4.37. The summed E-state index contributed by atoms with van der Waals surface area (Å²) in [7, 11) is 0. The number of aromatic nitrogens is 3. The molecule has 2 aromatic heterocycles. The molecule has 0 amide bonds. The molecule has 2 N–H and O–H groups in total. The van der Waals surface area contributed by atoms with Crippen molar-refractivity contribution in [1.29, 1.82) is 0 Å². The van der Waals surface area contributed by atoms with Crippen LogP contribution in [-0.4, -0.2) is 15.2 Å². The van der Waals surface area contributed by atoms with Gasteiger partial charge in [-0.3, -0.25) is 4.98 Å². The van der Waals surface area contributed by atoms with Crippen molar-refractivity contribution in [1.82, 2.24) is 15.2 Å². The third kappa shape index (κ3) is 2.34. The first kappa shape index (κ1) is 11.7. The Balaban J connectivity index is 2.37. The Bertz CT molecular complexity index is 521. The topological polar surface area (TPSA) is 77.8 Å². The molecule has 0 aliphatic heterocycles. The van der Waals surface area contributed by atoms with Crippen LogP contribution in [0.1, 0.15) is 36.7 Å². The van der Waals surface area contributed by atoms with E-state index in [0.717, 1.165) is 23.4 Å². The lowest BCUT2D eigenvalue weighted by atomic mass is 10.2. The minimum Gasteiger partial charge on any atom is -0.419 e. The molecule has 0 radical (unpaired) electrons. The Morgan fingerprint density at radius 2 is 2.06 bits per heavy atom. The zero-order valence-electron chi connectivity index (χ0n) is 10.3. The molecule has 0 saturated heterocycles. The molecule has 0 bridgehead atoms. The lowest BCUT2D eigenvalue weighted by Crippen LogP contribution is -2.08. The molecule has 0 saturated carbocycles. The monoisotopic (exact) mass is 232 g/mol. The van der Waals surface area contributed by atoms with Gasteiger partial charge < -0.3 is 10.2 Å². The second-order valence-electron chi connectivity index (χ2n) is 4.05. The minimum atomic E-state index is -0.199. The van der Waals surface area contributed by atoms with Crippen LogP contribution in [0.3, 0.4) is 0 Å². The molecule has 5 heteroatoms. The van der Waals surface area contributed by atoms with Gasteiger partial charge in [-0.15, -0.1) is 10.2 Å². The van der Waals surface area contributed by atoms with Gasteiger partial charge in [-0.1, -0.05) is 6.92 Å². The van der Waals surface area contributed by atoms with Crippen LogP contribution in [0.4, 0.5) is 0 Å². The predicted octanol–water partition coefficient (Wildman–Crippen LogP) is 2.16. The molecule has 17 heavy (non-hydrogen) atoms. The van der Waals surface area contributed by atoms with E-state index in [4.69, 9.17) is 10.2 Å². The van der Waals surface area contributed by atoms with Gasteiger partial charge in [0.05, 0.1) is 17.3 Å². The fourth-order valence-corrected chi connectivity index (χ4v) is 1.58. The number of nitrogens with two attached hydrogens (primary N) is 1. The Morgan fingerprint density at radius 1 is 1.29 bits per heavy atom. The second kappa shape index (κ2) is 4.63. The molecule has 1 atom stereocenters. The van der Waals surface area contributed by atoms with Crippen LogP contribution < -0.4 is 5.73 Å². The van der Waals surface area contributed by atoms with Crippen LogP contribution in [0.2, 0.25) is 0 Å². The van der Waals surface area contributed by atoms with Gasteiger partial charge in [0, 0.05) is 5.69 Å². The standard InChI is InChI=1S/C12H16N4O/c1-4-10(13)12-16-15-11(17-12)9-6-5-7(2)14-8(9)3/h5-6,10H,4,13H2,1-3H3. The second-order valence-corrected chi connectivity index (χ2v) is 4.05. The van der Waals surface area contributed by atoms with E-state index in [0.29, 0.717) is 11.8 Å². The van der Waals surface area contributed by atoms with Crippen LogP contribution in [0, 0.1) is 13.8 Å². The molecule has 2 rings (SSSR count). The molecule has 2 heterocycles. The molecule has 1 unspecified atom stereocenters. The fraction of sp³-hybridized carbons (Fsp3) is 0.417. The zero-order chi connectivity index (χ0) is 12.4. The Labute approximate surface area is 100 Å². The maximum atomic E-state index is 5.84. The van der Waals surface area contributed by atoms with E-state index < -0.39 is 0 Å². The highest BCUT2D eigenvalue weighted by molar-refractivity contribution is 5.55. The molecule has 0 aliphatic rings. The van der Waals surface area contributed by atoms with Crippen molar-refractivity contribution in [2.45, 2.75) is 33.2 Å². The molecule has 2 aromatic rings. The van der Waals surface area contributed by atoms with Gasteiger partial charge in [0.1, 0.15) is 0 Å². The summed E-state index contributed by atoms with van der Waals surface area (Å²) in [5.74, 6) is 0.955. The van der Waals surface area contributed by atoms with Crippen LogP contribution in [-0.2, 0) is 0 Å². The van der Waals surface area contributed by atoms with E-state index in [2.05, 4.69) is 15.2 Å². The van der Waals surface area contributed by atoms with E-state index in [1.165, 1.54) is 0 Å². The van der Waals surface area contributed by atoms with E-state index in [1.54, 1.807) is 0 Å². The number of rotatable bonds is 3. The van der Waals surface area contributed by atoms with E-state index >= 15 is 0 Å². The Hall–Kier alpha value is -1.75. The van der Waals surface area contributed by atoms with Crippen molar-refractivity contribution in [3.05, 3.63) is 29.4 Å². The molecular formula is C12H16N4O. The van der Waals surface area contributed by atoms with E-state index in [9.17, 15) is 0 Å². The first-order chi connectivity index (χ1) is 8.11. The molecule has 5 nitrogen and oxygen atoms in total. The van der Waals surface area contributed by atoms with Gasteiger partial charge in [-0.2, -0.15) is 0 Å². The number of hydrogen-bond acceptors (Lipinski definition) is 5. The number of pyridine rings is 1. The van der Waals surface area contributed by atoms with Gasteiger partial charge in [0.2, 0.25) is 11.8 Å². The molecular weight excluding hydrogens is 216 g/mol. The highest BCUT2D eigenvalue weighted by Gasteiger charge is 2.15. The van der Waals surface area contributed by atoms with Crippen molar-refractivity contribution < 1.29 is 4.42 Å². The van der Waals surface area contributed by atoms with Crippen LogP contribution in [0.5, 0.6) is 0 Å². The molecule has 0 spiro atoms. The maximum Gasteiger partial charge on any atom is 0.249 e. The zero-order valence-corrected chi connectivity index (χ0v) is 10.3. The first-order valence-electron chi connectivity index (χ1n) is 5.65. The summed E-state index contributed by atoms with van der Waals surface area (Å²) < 4.78 is 5.56. The summed E-state index contributed by atoms with van der Waals surface area (Å²) in [5, 5.41) is 7.97. The summed E-state index contributed by atoms with van der Waals surface area (Å²) in [6.45, 7) is 5.85. The third-order valence-electron chi connectivity index (χ3n) is 2.65. The first-order valence-corrected chi connectivity index (χ1v) is 5.65.